The third-order valence-electron chi connectivity index (χ3n) is 2.04. The van der Waals surface area contributed by atoms with Crippen molar-refractivity contribution in [2.24, 2.45) is 5.16 Å². The van der Waals surface area contributed by atoms with Gasteiger partial charge in [0.05, 0.1) is 12.8 Å². The minimum atomic E-state index is -0.425. The number of oxime groups is 1. The summed E-state index contributed by atoms with van der Waals surface area (Å²) in [4.78, 5) is 15.4. The average molecular weight is 300 g/mol. The molecule has 0 unspecified atom stereocenters. The molecule has 1 aromatic carbocycles. The van der Waals surface area contributed by atoms with E-state index in [2.05, 4.69) is 25.9 Å². The summed E-state index contributed by atoms with van der Waals surface area (Å²) >= 11 is 3.34. The van der Waals surface area contributed by atoms with Crippen LogP contribution in [0.1, 0.15) is 18.9 Å². The van der Waals surface area contributed by atoms with Crippen LogP contribution in [-0.4, -0.2) is 24.1 Å². The highest BCUT2D eigenvalue weighted by molar-refractivity contribution is 9.09. The van der Waals surface area contributed by atoms with E-state index in [-0.39, 0.29) is 0 Å². The molecule has 0 saturated heterocycles. The fourth-order valence-electron chi connectivity index (χ4n) is 1.23. The Hall–Kier alpha value is -1.36. The molecule has 0 N–H and O–H groups in total. The fourth-order valence-corrected chi connectivity index (χ4v) is 1.61. The van der Waals surface area contributed by atoms with Crippen LogP contribution in [-0.2, 0) is 9.63 Å². The van der Waals surface area contributed by atoms with Gasteiger partial charge in [0.15, 0.2) is 0 Å². The Kier molecular flexibility index (Phi) is 5.69. The lowest BCUT2D eigenvalue weighted by molar-refractivity contribution is -0.140. The number of hydrogen-bond donors (Lipinski definition) is 0. The summed E-state index contributed by atoms with van der Waals surface area (Å²) in [5.41, 5.74) is 1.63. The van der Waals surface area contributed by atoms with Gasteiger partial charge >= 0.3 is 5.97 Å². The molecule has 0 aromatic heterocycles. The first kappa shape index (κ1) is 13.7. The smallest absolute Gasteiger partial charge is 0.331 e. The third-order valence-corrected chi connectivity index (χ3v) is 2.44. The van der Waals surface area contributed by atoms with Crippen molar-refractivity contribution in [3.63, 3.8) is 0 Å². The van der Waals surface area contributed by atoms with Crippen molar-refractivity contribution in [3.05, 3.63) is 29.8 Å². The molecule has 0 amide bonds. The van der Waals surface area contributed by atoms with Gasteiger partial charge < -0.3 is 9.57 Å². The zero-order valence-electron chi connectivity index (χ0n) is 9.77. The molecule has 0 aliphatic heterocycles. The van der Waals surface area contributed by atoms with Gasteiger partial charge in [0, 0.05) is 18.7 Å². The zero-order valence-corrected chi connectivity index (χ0v) is 11.4. The lowest BCUT2D eigenvalue weighted by Gasteiger charge is -2.05. The molecule has 0 aliphatic carbocycles. The molecule has 0 saturated carbocycles. The van der Waals surface area contributed by atoms with Crippen molar-refractivity contribution in [1.29, 1.82) is 0 Å². The Morgan fingerprint density at radius 1 is 1.35 bits per heavy atom. The van der Waals surface area contributed by atoms with Crippen LogP contribution in [0.25, 0.3) is 0 Å². The van der Waals surface area contributed by atoms with Crippen LogP contribution >= 0.6 is 15.9 Å². The zero-order chi connectivity index (χ0) is 12.7. The maximum atomic E-state index is 10.7. The van der Waals surface area contributed by atoms with Crippen molar-refractivity contribution in [2.75, 3.05) is 12.4 Å². The van der Waals surface area contributed by atoms with Crippen molar-refractivity contribution in [3.8, 4) is 5.75 Å². The van der Waals surface area contributed by atoms with Crippen LogP contribution in [0.4, 0.5) is 0 Å². The van der Waals surface area contributed by atoms with Crippen molar-refractivity contribution < 1.29 is 14.4 Å². The Labute approximate surface area is 109 Å². The number of halogens is 1. The first-order chi connectivity index (χ1) is 8.17. The van der Waals surface area contributed by atoms with Gasteiger partial charge in [0.2, 0.25) is 0 Å². The van der Waals surface area contributed by atoms with Gasteiger partial charge in [-0.3, -0.25) is 0 Å². The number of benzene rings is 1. The van der Waals surface area contributed by atoms with E-state index in [0.717, 1.165) is 22.4 Å². The molecule has 0 bridgehead atoms. The number of alkyl halides is 1. The standard InChI is InChI=1S/C12H14BrNO3/c1-9(15)17-14-12(7-8-13)10-3-5-11(16-2)6-4-10/h3-6H,7-8H2,1-2H3. The second-order valence-corrected chi connectivity index (χ2v) is 4.08. The summed E-state index contributed by atoms with van der Waals surface area (Å²) in [6.07, 6.45) is 0.680. The van der Waals surface area contributed by atoms with E-state index in [4.69, 9.17) is 4.74 Å². The fraction of sp³-hybridized carbons (Fsp3) is 0.333. The maximum absolute atomic E-state index is 10.7. The number of rotatable bonds is 5. The van der Waals surface area contributed by atoms with Crippen molar-refractivity contribution in [1.82, 2.24) is 0 Å². The van der Waals surface area contributed by atoms with Crippen LogP contribution in [0, 0.1) is 0 Å². The van der Waals surface area contributed by atoms with Crippen LogP contribution in [0.5, 0.6) is 5.75 Å². The molecule has 17 heavy (non-hydrogen) atoms. The van der Waals surface area contributed by atoms with E-state index in [1.54, 1.807) is 7.11 Å². The number of nitrogens with zero attached hydrogens (tertiary/aromatic N) is 1. The predicted octanol–water partition coefficient (Wildman–Crippen LogP) is 2.75. The molecule has 0 atom stereocenters. The predicted molar refractivity (Wildman–Crippen MR) is 69.7 cm³/mol. The summed E-state index contributed by atoms with van der Waals surface area (Å²) in [5.74, 6) is 0.352. The maximum Gasteiger partial charge on any atom is 0.331 e. The highest BCUT2D eigenvalue weighted by Crippen LogP contribution is 2.14. The van der Waals surface area contributed by atoms with Crippen LogP contribution in [0.15, 0.2) is 29.4 Å². The number of methoxy groups -OCH3 is 1. The Balaban J connectivity index is 2.88. The molecule has 92 valence electrons. The first-order valence-corrected chi connectivity index (χ1v) is 6.24. The molecule has 4 nitrogen and oxygen atoms in total. The van der Waals surface area contributed by atoms with E-state index in [9.17, 15) is 4.79 Å². The van der Waals surface area contributed by atoms with Gasteiger partial charge in [-0.1, -0.05) is 21.1 Å². The van der Waals surface area contributed by atoms with E-state index < -0.39 is 5.97 Å². The second-order valence-electron chi connectivity index (χ2n) is 3.29. The van der Waals surface area contributed by atoms with Crippen LogP contribution in [0.2, 0.25) is 0 Å². The summed E-state index contributed by atoms with van der Waals surface area (Å²) in [5, 5.41) is 4.58. The molecule has 0 spiro atoms. The highest BCUT2D eigenvalue weighted by Gasteiger charge is 2.05. The summed E-state index contributed by atoms with van der Waals surface area (Å²) < 4.78 is 5.07. The van der Waals surface area contributed by atoms with Crippen molar-refractivity contribution >= 4 is 27.6 Å². The van der Waals surface area contributed by atoms with Gasteiger partial charge in [0.1, 0.15) is 5.75 Å². The topological polar surface area (TPSA) is 47.9 Å². The summed E-state index contributed by atoms with van der Waals surface area (Å²) in [6.45, 7) is 1.32. The molecule has 0 heterocycles. The molecule has 1 aromatic rings. The Bertz CT molecular complexity index is 401. The largest absolute Gasteiger partial charge is 0.497 e. The monoisotopic (exact) mass is 299 g/mol. The number of carbonyl (C=O) groups excluding carboxylic acids is 1. The van der Waals surface area contributed by atoms with E-state index in [0.29, 0.717) is 6.42 Å². The van der Waals surface area contributed by atoms with Gasteiger partial charge in [0.25, 0.3) is 0 Å². The SMILES string of the molecule is COc1ccc(C(CCBr)=NOC(C)=O)cc1. The number of ether oxygens (including phenoxy) is 1. The molecule has 0 fully saturated rings. The number of carbonyl (C=O) groups is 1. The summed E-state index contributed by atoms with van der Waals surface area (Å²) in [6, 6.07) is 7.44. The number of hydrogen-bond acceptors (Lipinski definition) is 4. The van der Waals surface area contributed by atoms with E-state index >= 15 is 0 Å². The molecular formula is C12H14BrNO3. The molecule has 1 rings (SSSR count). The molecule has 5 heteroatoms. The van der Waals surface area contributed by atoms with E-state index in [1.807, 2.05) is 24.3 Å². The van der Waals surface area contributed by atoms with Gasteiger partial charge in [-0.05, 0) is 29.8 Å². The quantitative estimate of drug-likeness (QED) is 0.363. The van der Waals surface area contributed by atoms with Gasteiger partial charge in [-0.25, -0.2) is 4.79 Å². The summed E-state index contributed by atoms with van der Waals surface area (Å²) in [7, 11) is 1.61. The highest BCUT2D eigenvalue weighted by atomic mass is 79.9. The second kappa shape index (κ2) is 7.06. The lowest BCUT2D eigenvalue weighted by atomic mass is 10.1. The molecule has 0 aliphatic rings. The van der Waals surface area contributed by atoms with Gasteiger partial charge in [-0.2, -0.15) is 0 Å². The minimum absolute atomic E-state index is 0.425. The first-order valence-electron chi connectivity index (χ1n) is 5.12. The lowest BCUT2D eigenvalue weighted by Crippen LogP contribution is -2.04. The Morgan fingerprint density at radius 2 is 2.00 bits per heavy atom. The van der Waals surface area contributed by atoms with E-state index in [1.165, 1.54) is 6.92 Å². The normalized spacial score (nSPS) is 11.1. The Morgan fingerprint density at radius 3 is 2.47 bits per heavy atom. The van der Waals surface area contributed by atoms with Crippen molar-refractivity contribution in [2.45, 2.75) is 13.3 Å². The molecule has 0 radical (unpaired) electrons. The minimum Gasteiger partial charge on any atom is -0.497 e. The molecular weight excluding hydrogens is 286 g/mol. The van der Waals surface area contributed by atoms with Crippen LogP contribution in [0.3, 0.4) is 0 Å². The third kappa shape index (κ3) is 4.56. The average Bonchev–Trinajstić information content (AvgIpc) is 2.34. The van der Waals surface area contributed by atoms with Crippen LogP contribution < -0.4 is 4.74 Å². The van der Waals surface area contributed by atoms with Gasteiger partial charge in [-0.15, -0.1) is 0 Å².